The van der Waals surface area contributed by atoms with Crippen molar-refractivity contribution in [1.82, 2.24) is 19.8 Å². The van der Waals surface area contributed by atoms with Gasteiger partial charge in [-0.05, 0) is 50.6 Å². The van der Waals surface area contributed by atoms with Crippen LogP contribution in [0, 0.1) is 18.2 Å². The molecule has 0 spiro atoms. The molecule has 2 aliphatic rings. The fourth-order valence-corrected chi connectivity index (χ4v) is 6.88. The van der Waals surface area contributed by atoms with Gasteiger partial charge in [-0.2, -0.15) is 0 Å². The number of nitrogens with zero attached hydrogens (tertiary/aromatic N) is 4. The summed E-state index contributed by atoms with van der Waals surface area (Å²) in [6.45, 7) is 9.78. The molecule has 1 fully saturated rings. The van der Waals surface area contributed by atoms with Crippen LogP contribution >= 0.6 is 23.4 Å². The van der Waals surface area contributed by atoms with Gasteiger partial charge in [0.15, 0.2) is 0 Å². The molecule has 0 saturated carbocycles. The molecule has 3 unspecified atom stereocenters. The van der Waals surface area contributed by atoms with E-state index in [2.05, 4.69) is 16.9 Å². The minimum absolute atomic E-state index is 0.0145. The molecule has 41 heavy (non-hydrogen) atoms. The summed E-state index contributed by atoms with van der Waals surface area (Å²) in [7, 11) is 0. The lowest BCUT2D eigenvalue weighted by Gasteiger charge is -2.45. The molecular weight excluding hydrogens is 567 g/mol. The minimum atomic E-state index is -0.909. The van der Waals surface area contributed by atoms with E-state index in [9.17, 15) is 20.4 Å². The maximum atomic E-state index is 15.1. The van der Waals surface area contributed by atoms with Gasteiger partial charge in [0.2, 0.25) is 5.91 Å². The topological polar surface area (TPSA) is 126 Å². The molecule has 1 aromatic carbocycles. The van der Waals surface area contributed by atoms with E-state index >= 15 is 4.39 Å². The van der Waals surface area contributed by atoms with Crippen LogP contribution in [0.25, 0.3) is 11.3 Å². The van der Waals surface area contributed by atoms with E-state index in [1.54, 1.807) is 24.1 Å². The van der Waals surface area contributed by atoms with Crippen LogP contribution in [0.4, 0.5) is 15.9 Å². The van der Waals surface area contributed by atoms with Gasteiger partial charge in [-0.1, -0.05) is 24.2 Å². The lowest BCUT2D eigenvalue weighted by Crippen LogP contribution is -2.60. The van der Waals surface area contributed by atoms with Gasteiger partial charge in [-0.3, -0.25) is 15.2 Å². The number of carbonyl (C=O) groups is 1. The first-order valence-electron chi connectivity index (χ1n) is 13.1. The van der Waals surface area contributed by atoms with Gasteiger partial charge in [-0.25, -0.2) is 9.37 Å². The van der Waals surface area contributed by atoms with E-state index in [1.807, 2.05) is 18.7 Å². The predicted molar refractivity (Wildman–Crippen MR) is 159 cm³/mol. The monoisotopic (exact) mass is 596 g/mol. The molecule has 3 atom stereocenters. The summed E-state index contributed by atoms with van der Waals surface area (Å²) in [5.41, 5.74) is 1.90. The number of aliphatic hydroxyl groups excluding tert-OH is 1. The van der Waals surface area contributed by atoms with Crippen LogP contribution in [0.2, 0.25) is 5.02 Å². The minimum Gasteiger partial charge on any atom is -0.507 e. The summed E-state index contributed by atoms with van der Waals surface area (Å²) in [4.78, 5) is 25.8. The molecule has 3 aromatic rings. The molecule has 0 bridgehead atoms. The number of carbonyl (C=O) groups excluding carboxylic acids is 1. The highest BCUT2D eigenvalue weighted by Gasteiger charge is 2.40. The van der Waals surface area contributed by atoms with Crippen molar-refractivity contribution in [3.05, 3.63) is 70.8 Å². The maximum absolute atomic E-state index is 15.1. The summed E-state index contributed by atoms with van der Waals surface area (Å²) in [5.74, 6) is -0.367. The number of amidine groups is 1. The number of aromatic nitrogens is 2. The number of aromatic hydroxyl groups is 1. The number of benzene rings is 1. The number of thioether (sulfide) groups is 1. The molecule has 2 aliphatic heterocycles. The number of halogens is 2. The molecule has 4 N–H and O–H groups in total. The number of phenolic OH excluding ortho intramolecular Hbond substituents is 1. The molecule has 2 aromatic heterocycles. The van der Waals surface area contributed by atoms with Crippen molar-refractivity contribution in [3.8, 4) is 17.0 Å². The number of aliphatic hydroxyl groups is 1. The van der Waals surface area contributed by atoms with E-state index in [1.165, 1.54) is 36.0 Å². The van der Waals surface area contributed by atoms with Crippen LogP contribution in [-0.4, -0.2) is 72.6 Å². The zero-order valence-corrected chi connectivity index (χ0v) is 24.4. The number of hydrogen-bond acceptors (Lipinski definition) is 8. The average Bonchev–Trinajstić information content (AvgIpc) is 3.07. The Balaban J connectivity index is 1.72. The van der Waals surface area contributed by atoms with E-state index in [-0.39, 0.29) is 51.7 Å². The number of nitrogens with one attached hydrogen (secondary N) is 2. The first kappa shape index (κ1) is 28.8. The number of piperazine rings is 1. The predicted octanol–water partition coefficient (Wildman–Crippen LogP) is 5.27. The van der Waals surface area contributed by atoms with Crippen LogP contribution in [0.3, 0.4) is 0 Å². The summed E-state index contributed by atoms with van der Waals surface area (Å²) in [5, 5.41) is 33.8. The van der Waals surface area contributed by atoms with Crippen LogP contribution in [0.15, 0.2) is 48.0 Å². The molecule has 4 heterocycles. The smallest absolute Gasteiger partial charge is 0.246 e. The van der Waals surface area contributed by atoms with Gasteiger partial charge in [0.05, 0.1) is 45.4 Å². The summed E-state index contributed by atoms with van der Waals surface area (Å²) >= 11 is 8.31. The lowest BCUT2D eigenvalue weighted by atomic mass is 10.0. The molecule has 214 valence electrons. The zero-order valence-electron chi connectivity index (χ0n) is 22.8. The highest BCUT2D eigenvalue weighted by molar-refractivity contribution is 7.99. The normalized spacial score (nSPS) is 19.2. The Morgan fingerprint density at radius 2 is 2.10 bits per heavy atom. The number of rotatable bonds is 5. The lowest BCUT2D eigenvalue weighted by molar-refractivity contribution is -0.130. The maximum Gasteiger partial charge on any atom is 0.246 e. The molecule has 12 heteroatoms. The Kier molecular flexibility index (Phi) is 7.95. The number of aryl methyl sites for hydroxylation is 1. The Morgan fingerprint density at radius 1 is 1.34 bits per heavy atom. The third kappa shape index (κ3) is 5.13. The first-order valence-corrected chi connectivity index (χ1v) is 14.4. The van der Waals surface area contributed by atoms with Crippen LogP contribution in [-0.2, 0) is 4.79 Å². The van der Waals surface area contributed by atoms with E-state index < -0.39 is 11.9 Å². The van der Waals surface area contributed by atoms with Crippen molar-refractivity contribution >= 4 is 46.6 Å². The van der Waals surface area contributed by atoms with Crippen LogP contribution in [0.1, 0.15) is 36.8 Å². The van der Waals surface area contributed by atoms with Crippen molar-refractivity contribution in [2.75, 3.05) is 24.2 Å². The third-order valence-corrected chi connectivity index (χ3v) is 9.12. The number of anilines is 2. The quantitative estimate of drug-likeness (QED) is 0.294. The van der Waals surface area contributed by atoms with Crippen molar-refractivity contribution in [2.24, 2.45) is 0 Å². The van der Waals surface area contributed by atoms with Crippen LogP contribution in [0.5, 0.6) is 5.75 Å². The standard InChI is InChI=1S/C29H30ClFN6O3S/c1-5-20(40)36-12-17-13-41-27-22(28(32)37(17)11-15(36)3)29(34-24-14(2)9-10-33-25(24)16(4)38)35-26(23(27)30)21-18(31)7-6-8-19(21)39/h5-10,15-17,32,38-39H,1,11-13H2,2-4H3,(H,34,35). The fraction of sp³-hybridized carbons (Fsp3) is 0.310. The zero-order chi connectivity index (χ0) is 29.6. The van der Waals surface area contributed by atoms with Gasteiger partial charge >= 0.3 is 0 Å². The highest BCUT2D eigenvalue weighted by atomic mass is 35.5. The number of fused-ring (bicyclic) bond motifs is 2. The van der Waals surface area contributed by atoms with Crippen molar-refractivity contribution in [1.29, 1.82) is 5.41 Å². The van der Waals surface area contributed by atoms with Gasteiger partial charge in [-0.15, -0.1) is 11.8 Å². The third-order valence-electron chi connectivity index (χ3n) is 7.39. The molecular formula is C29H30ClFN6O3S. The van der Waals surface area contributed by atoms with Gasteiger partial charge in [0.1, 0.15) is 23.2 Å². The molecule has 1 saturated heterocycles. The van der Waals surface area contributed by atoms with Crippen molar-refractivity contribution in [3.63, 3.8) is 0 Å². The largest absolute Gasteiger partial charge is 0.507 e. The van der Waals surface area contributed by atoms with E-state index in [0.717, 1.165) is 5.56 Å². The molecule has 1 amide bonds. The Bertz CT molecular complexity index is 1550. The molecule has 0 radical (unpaired) electrons. The molecule has 9 nitrogen and oxygen atoms in total. The van der Waals surface area contributed by atoms with E-state index in [4.69, 9.17) is 16.6 Å². The van der Waals surface area contributed by atoms with Crippen LogP contribution < -0.4 is 5.32 Å². The Morgan fingerprint density at radius 3 is 2.78 bits per heavy atom. The fourth-order valence-electron chi connectivity index (χ4n) is 5.28. The first-order chi connectivity index (χ1) is 19.5. The Hall–Kier alpha value is -3.67. The molecule has 5 rings (SSSR count). The second-order valence-electron chi connectivity index (χ2n) is 10.2. The SMILES string of the molecule is C=CC(=O)N1CC2CSc3c(Cl)c(-c4c(O)cccc4F)nc(Nc4c(C)ccnc4C(C)O)c3C(=N)N2CC1C. The van der Waals surface area contributed by atoms with Crippen molar-refractivity contribution in [2.45, 2.75) is 43.9 Å². The van der Waals surface area contributed by atoms with Crippen molar-refractivity contribution < 1.29 is 19.4 Å². The number of phenols is 1. The second-order valence-corrected chi connectivity index (χ2v) is 11.6. The second kappa shape index (κ2) is 11.3. The summed E-state index contributed by atoms with van der Waals surface area (Å²) < 4.78 is 15.1. The number of amides is 1. The van der Waals surface area contributed by atoms with E-state index in [0.29, 0.717) is 40.7 Å². The summed E-state index contributed by atoms with van der Waals surface area (Å²) in [6.07, 6.45) is 1.98. The average molecular weight is 597 g/mol. The van der Waals surface area contributed by atoms with Gasteiger partial charge in [0, 0.05) is 36.0 Å². The Labute approximate surface area is 246 Å². The highest BCUT2D eigenvalue weighted by Crippen LogP contribution is 2.46. The summed E-state index contributed by atoms with van der Waals surface area (Å²) in [6, 6.07) is 5.35. The number of hydrogen-bond donors (Lipinski definition) is 4. The van der Waals surface area contributed by atoms with Gasteiger partial charge in [0.25, 0.3) is 0 Å². The number of pyridine rings is 2. The van der Waals surface area contributed by atoms with Gasteiger partial charge < -0.3 is 25.3 Å². The molecule has 0 aliphatic carbocycles.